The molecular weight excluding hydrogens is 244 g/mol. The summed E-state index contributed by atoms with van der Waals surface area (Å²) in [7, 11) is 0. The van der Waals surface area contributed by atoms with Gasteiger partial charge in [0.25, 0.3) is 0 Å². The second-order valence-electron chi connectivity index (χ2n) is 2.87. The van der Waals surface area contributed by atoms with Crippen LogP contribution in [-0.2, 0) is 0 Å². The van der Waals surface area contributed by atoms with Crippen molar-refractivity contribution in [3.8, 4) is 0 Å². The number of hydrogen-bond donors (Lipinski definition) is 0. The Morgan fingerprint density at radius 3 is 1.56 bits per heavy atom. The lowest BCUT2D eigenvalue weighted by Crippen LogP contribution is -2.04. The molecule has 54 valence electrons. The van der Waals surface area contributed by atoms with Crippen molar-refractivity contribution in [2.45, 2.75) is 36.3 Å². The first kappa shape index (κ1) is 8.06. The zero-order valence-electron chi connectivity index (χ0n) is 5.88. The monoisotopic (exact) mass is 254 g/mol. The highest BCUT2D eigenvalue weighted by Gasteiger charge is 2.62. The second kappa shape index (κ2) is 2.23. The van der Waals surface area contributed by atoms with Crippen molar-refractivity contribution in [2.24, 2.45) is 5.41 Å². The van der Waals surface area contributed by atoms with Gasteiger partial charge in [0.2, 0.25) is 0 Å². The highest BCUT2D eigenvalue weighted by atomic mass is 79.9. The van der Waals surface area contributed by atoms with Crippen LogP contribution >= 0.6 is 31.9 Å². The molecule has 1 saturated carbocycles. The van der Waals surface area contributed by atoms with Crippen LogP contribution in [0, 0.1) is 5.41 Å². The van der Waals surface area contributed by atoms with Crippen molar-refractivity contribution in [3.05, 3.63) is 0 Å². The summed E-state index contributed by atoms with van der Waals surface area (Å²) in [6.07, 6.45) is 3.84. The number of hydrogen-bond acceptors (Lipinski definition) is 0. The zero-order valence-corrected chi connectivity index (χ0v) is 9.05. The average molecular weight is 256 g/mol. The van der Waals surface area contributed by atoms with Crippen LogP contribution in [0.4, 0.5) is 0 Å². The molecule has 0 spiro atoms. The van der Waals surface area contributed by atoms with E-state index in [0.29, 0.717) is 5.41 Å². The van der Waals surface area contributed by atoms with Crippen molar-refractivity contribution >= 4 is 31.9 Å². The number of alkyl halides is 2. The lowest BCUT2D eigenvalue weighted by atomic mass is 10.0. The molecule has 0 nitrogen and oxygen atoms in total. The van der Waals surface area contributed by atoms with Crippen molar-refractivity contribution in [1.82, 2.24) is 0 Å². The molecular formula is C7H12Br2. The van der Waals surface area contributed by atoms with Crippen molar-refractivity contribution in [3.63, 3.8) is 0 Å². The fourth-order valence-electron chi connectivity index (χ4n) is 1.40. The average Bonchev–Trinajstić information content (AvgIpc) is 2.35. The van der Waals surface area contributed by atoms with Crippen LogP contribution in [0.5, 0.6) is 0 Å². The summed E-state index contributed by atoms with van der Waals surface area (Å²) in [5.74, 6) is 0. The van der Waals surface area contributed by atoms with Crippen LogP contribution in [0.25, 0.3) is 0 Å². The van der Waals surface area contributed by atoms with Gasteiger partial charge in [-0.15, -0.1) is 0 Å². The molecule has 0 saturated heterocycles. The standard InChI is InChI=1S/C7H12Br2/c1-3-6(4-2)5-7(6,8)9/h3-5H2,1-2H3. The van der Waals surface area contributed by atoms with Gasteiger partial charge >= 0.3 is 0 Å². The van der Waals surface area contributed by atoms with Crippen LogP contribution in [0.3, 0.4) is 0 Å². The Bertz CT molecular complexity index is 114. The first-order chi connectivity index (χ1) is 4.08. The van der Waals surface area contributed by atoms with Crippen LogP contribution < -0.4 is 0 Å². The summed E-state index contributed by atoms with van der Waals surface area (Å²) in [5, 5.41) is 0. The summed E-state index contributed by atoms with van der Waals surface area (Å²) < 4.78 is 0.288. The maximum atomic E-state index is 3.65. The van der Waals surface area contributed by atoms with Crippen LogP contribution in [-0.4, -0.2) is 3.23 Å². The van der Waals surface area contributed by atoms with Crippen LogP contribution in [0.2, 0.25) is 0 Å². The highest BCUT2D eigenvalue weighted by molar-refractivity contribution is 9.25. The quantitative estimate of drug-likeness (QED) is 0.661. The van der Waals surface area contributed by atoms with E-state index in [4.69, 9.17) is 0 Å². The Hall–Kier alpha value is 0.960. The Morgan fingerprint density at radius 1 is 1.22 bits per heavy atom. The smallest absolute Gasteiger partial charge is 0.0721 e. The lowest BCUT2D eigenvalue weighted by molar-refractivity contribution is 0.473. The molecule has 0 N–H and O–H groups in total. The molecule has 0 radical (unpaired) electrons. The van der Waals surface area contributed by atoms with E-state index >= 15 is 0 Å². The Labute approximate surface area is 73.7 Å². The maximum Gasteiger partial charge on any atom is 0.0868 e. The Morgan fingerprint density at radius 2 is 1.56 bits per heavy atom. The predicted molar refractivity (Wildman–Crippen MR) is 48.2 cm³/mol. The molecule has 9 heavy (non-hydrogen) atoms. The molecule has 2 heteroatoms. The van der Waals surface area contributed by atoms with Crippen LogP contribution in [0.15, 0.2) is 0 Å². The van der Waals surface area contributed by atoms with Crippen molar-refractivity contribution in [2.75, 3.05) is 0 Å². The van der Waals surface area contributed by atoms with Gasteiger partial charge in [-0.25, -0.2) is 0 Å². The van der Waals surface area contributed by atoms with E-state index in [1.165, 1.54) is 19.3 Å². The SMILES string of the molecule is CCC1(CC)CC1(Br)Br. The fourth-order valence-corrected chi connectivity index (χ4v) is 3.59. The van der Waals surface area contributed by atoms with Gasteiger partial charge in [-0.3, -0.25) is 0 Å². The molecule has 1 fully saturated rings. The minimum atomic E-state index is 0.288. The van der Waals surface area contributed by atoms with Gasteiger partial charge in [0.1, 0.15) is 0 Å². The molecule has 0 atom stereocenters. The first-order valence-electron chi connectivity index (χ1n) is 3.46. The largest absolute Gasteiger partial charge is 0.0868 e. The van der Waals surface area contributed by atoms with E-state index in [-0.39, 0.29) is 3.23 Å². The number of rotatable bonds is 2. The van der Waals surface area contributed by atoms with E-state index in [9.17, 15) is 0 Å². The van der Waals surface area contributed by atoms with E-state index in [0.717, 1.165) is 0 Å². The van der Waals surface area contributed by atoms with Crippen molar-refractivity contribution < 1.29 is 0 Å². The Balaban J connectivity index is 2.57. The molecule has 0 unspecified atom stereocenters. The summed E-state index contributed by atoms with van der Waals surface area (Å²) in [5.41, 5.74) is 0.563. The fraction of sp³-hybridized carbons (Fsp3) is 1.00. The normalized spacial score (nSPS) is 28.0. The zero-order chi connectivity index (χ0) is 7.12. The summed E-state index contributed by atoms with van der Waals surface area (Å²) in [6, 6.07) is 0. The minimum absolute atomic E-state index is 0.288. The van der Waals surface area contributed by atoms with Crippen LogP contribution in [0.1, 0.15) is 33.1 Å². The minimum Gasteiger partial charge on any atom is -0.0721 e. The molecule has 0 aliphatic heterocycles. The lowest BCUT2D eigenvalue weighted by Gasteiger charge is -2.11. The molecule has 0 amide bonds. The molecule has 1 aliphatic rings. The molecule has 0 aromatic heterocycles. The van der Waals surface area contributed by atoms with Gasteiger partial charge in [0.05, 0.1) is 3.23 Å². The van der Waals surface area contributed by atoms with Gasteiger partial charge in [0.15, 0.2) is 0 Å². The molecule has 0 aromatic carbocycles. The molecule has 1 aliphatic carbocycles. The summed E-state index contributed by atoms with van der Waals surface area (Å²) in [6.45, 7) is 4.52. The molecule has 1 rings (SSSR count). The summed E-state index contributed by atoms with van der Waals surface area (Å²) >= 11 is 7.29. The second-order valence-corrected chi connectivity index (χ2v) is 6.64. The number of halogens is 2. The van der Waals surface area contributed by atoms with Gasteiger partial charge in [-0.2, -0.15) is 0 Å². The van der Waals surface area contributed by atoms with Crippen molar-refractivity contribution in [1.29, 1.82) is 0 Å². The third-order valence-corrected chi connectivity index (χ3v) is 4.81. The van der Waals surface area contributed by atoms with Gasteiger partial charge < -0.3 is 0 Å². The Kier molecular flexibility index (Phi) is 2.00. The van der Waals surface area contributed by atoms with Gasteiger partial charge in [0, 0.05) is 0 Å². The highest BCUT2D eigenvalue weighted by Crippen LogP contribution is 2.69. The third kappa shape index (κ3) is 1.09. The summed E-state index contributed by atoms with van der Waals surface area (Å²) in [4.78, 5) is 0. The predicted octanol–water partition coefficient (Wildman–Crippen LogP) is 3.68. The first-order valence-corrected chi connectivity index (χ1v) is 5.04. The van der Waals surface area contributed by atoms with E-state index in [1.54, 1.807) is 0 Å². The van der Waals surface area contributed by atoms with E-state index < -0.39 is 0 Å². The van der Waals surface area contributed by atoms with E-state index in [2.05, 4.69) is 45.7 Å². The molecule has 0 heterocycles. The van der Waals surface area contributed by atoms with Gasteiger partial charge in [-0.1, -0.05) is 45.7 Å². The topological polar surface area (TPSA) is 0 Å². The third-order valence-electron chi connectivity index (χ3n) is 2.56. The maximum absolute atomic E-state index is 3.65. The van der Waals surface area contributed by atoms with Gasteiger partial charge in [-0.05, 0) is 24.7 Å². The van der Waals surface area contributed by atoms with E-state index in [1.807, 2.05) is 0 Å². The molecule has 0 bridgehead atoms. The molecule has 0 aromatic rings.